The molecule has 2 aromatic rings. The summed E-state index contributed by atoms with van der Waals surface area (Å²) >= 11 is 12.3. The number of anilines is 3. The van der Waals surface area contributed by atoms with Crippen molar-refractivity contribution >= 4 is 47.3 Å². The molecule has 0 aliphatic carbocycles. The molecule has 1 aromatic carbocycles. The Bertz CT molecular complexity index is 826. The molecular formula is C20H25Cl2N7. The summed E-state index contributed by atoms with van der Waals surface area (Å²) in [5.41, 5.74) is 3.68. The molecule has 0 unspecified atom stereocenters. The molecular weight excluding hydrogens is 409 g/mol. The van der Waals surface area contributed by atoms with Crippen molar-refractivity contribution in [3.8, 4) is 0 Å². The Hall–Kier alpha value is -2.12. The van der Waals surface area contributed by atoms with Crippen LogP contribution in [0.3, 0.4) is 0 Å². The number of hydrogen-bond acceptors (Lipinski definition) is 7. The lowest BCUT2D eigenvalue weighted by Gasteiger charge is -2.30. The standard InChI is InChI=1S/C20H25Cl2N7/c21-16-9-7-8-15(17(16)22)14-23-27-18-24-19(28-10-3-1-4-11-28)26-20(25-18)29-12-5-2-6-13-29/h7-9,14H,1-6,10-13H2,(H,24,25,26,27)/b23-14+. The molecule has 0 spiro atoms. The zero-order valence-corrected chi connectivity index (χ0v) is 17.8. The van der Waals surface area contributed by atoms with E-state index in [0.717, 1.165) is 43.6 Å². The summed E-state index contributed by atoms with van der Waals surface area (Å²) < 4.78 is 0. The number of aromatic nitrogens is 3. The molecule has 1 N–H and O–H groups in total. The van der Waals surface area contributed by atoms with E-state index in [4.69, 9.17) is 28.2 Å². The van der Waals surface area contributed by atoms with Crippen LogP contribution in [0.15, 0.2) is 23.3 Å². The van der Waals surface area contributed by atoms with Gasteiger partial charge in [0.2, 0.25) is 17.8 Å². The van der Waals surface area contributed by atoms with Crippen LogP contribution >= 0.6 is 23.2 Å². The van der Waals surface area contributed by atoms with Gasteiger partial charge in [-0.2, -0.15) is 20.1 Å². The average Bonchev–Trinajstić information content (AvgIpc) is 2.78. The second kappa shape index (κ2) is 9.59. The van der Waals surface area contributed by atoms with Crippen LogP contribution in [0.4, 0.5) is 17.8 Å². The van der Waals surface area contributed by atoms with E-state index < -0.39 is 0 Å². The fraction of sp³-hybridized carbons (Fsp3) is 0.500. The maximum Gasteiger partial charge on any atom is 0.250 e. The molecule has 2 aliphatic rings. The minimum atomic E-state index is 0.440. The topological polar surface area (TPSA) is 69.5 Å². The Morgan fingerprint density at radius 1 is 0.828 bits per heavy atom. The van der Waals surface area contributed by atoms with Gasteiger partial charge in [0.05, 0.1) is 16.3 Å². The first-order valence-electron chi connectivity index (χ1n) is 10.2. The second-order valence-corrected chi connectivity index (χ2v) is 8.15. The number of nitrogens with one attached hydrogen (secondary N) is 1. The van der Waals surface area contributed by atoms with Gasteiger partial charge in [0.15, 0.2) is 0 Å². The molecule has 0 bridgehead atoms. The second-order valence-electron chi connectivity index (χ2n) is 7.37. The van der Waals surface area contributed by atoms with E-state index >= 15 is 0 Å². The maximum absolute atomic E-state index is 6.22. The summed E-state index contributed by atoms with van der Waals surface area (Å²) in [6.07, 6.45) is 8.81. The van der Waals surface area contributed by atoms with Gasteiger partial charge < -0.3 is 9.80 Å². The van der Waals surface area contributed by atoms with Crippen molar-refractivity contribution in [1.29, 1.82) is 0 Å². The predicted molar refractivity (Wildman–Crippen MR) is 120 cm³/mol. The third-order valence-corrected chi connectivity index (χ3v) is 6.07. The molecule has 4 rings (SSSR count). The highest BCUT2D eigenvalue weighted by atomic mass is 35.5. The van der Waals surface area contributed by atoms with E-state index in [2.05, 4.69) is 30.3 Å². The van der Waals surface area contributed by atoms with E-state index in [0.29, 0.717) is 16.0 Å². The lowest BCUT2D eigenvalue weighted by molar-refractivity contribution is 0.556. The molecule has 2 saturated heterocycles. The zero-order valence-electron chi connectivity index (χ0n) is 16.3. The summed E-state index contributed by atoms with van der Waals surface area (Å²) in [5.74, 6) is 1.88. The quantitative estimate of drug-likeness (QED) is 0.548. The fourth-order valence-electron chi connectivity index (χ4n) is 3.65. The van der Waals surface area contributed by atoms with Crippen LogP contribution in [0.5, 0.6) is 0 Å². The lowest BCUT2D eigenvalue weighted by atomic mass is 10.1. The Morgan fingerprint density at radius 3 is 2.00 bits per heavy atom. The average molecular weight is 434 g/mol. The number of benzene rings is 1. The molecule has 0 saturated carbocycles. The molecule has 0 radical (unpaired) electrons. The van der Waals surface area contributed by atoms with Gasteiger partial charge in [-0.25, -0.2) is 5.43 Å². The number of halogens is 2. The van der Waals surface area contributed by atoms with Gasteiger partial charge in [0.25, 0.3) is 0 Å². The number of piperidine rings is 2. The first-order valence-corrected chi connectivity index (χ1v) is 11.0. The van der Waals surface area contributed by atoms with Crippen molar-refractivity contribution in [1.82, 2.24) is 15.0 Å². The number of rotatable bonds is 5. The Balaban J connectivity index is 1.57. The van der Waals surface area contributed by atoms with E-state index in [-0.39, 0.29) is 0 Å². The molecule has 1 aromatic heterocycles. The molecule has 2 fully saturated rings. The van der Waals surface area contributed by atoms with Gasteiger partial charge >= 0.3 is 0 Å². The van der Waals surface area contributed by atoms with Gasteiger partial charge in [-0.1, -0.05) is 35.3 Å². The number of nitrogens with zero attached hydrogens (tertiary/aromatic N) is 6. The van der Waals surface area contributed by atoms with Crippen LogP contribution in [0.2, 0.25) is 10.0 Å². The van der Waals surface area contributed by atoms with Crippen LogP contribution in [0.1, 0.15) is 44.1 Å². The van der Waals surface area contributed by atoms with Crippen molar-refractivity contribution < 1.29 is 0 Å². The van der Waals surface area contributed by atoms with Crippen molar-refractivity contribution in [2.24, 2.45) is 5.10 Å². The predicted octanol–water partition coefficient (Wildman–Crippen LogP) is 4.61. The third kappa shape index (κ3) is 5.08. The summed E-state index contributed by atoms with van der Waals surface area (Å²) in [6, 6.07) is 5.43. The first-order chi connectivity index (χ1) is 14.2. The molecule has 7 nitrogen and oxygen atoms in total. The highest BCUT2D eigenvalue weighted by molar-refractivity contribution is 6.43. The summed E-state index contributed by atoms with van der Waals surface area (Å²) in [7, 11) is 0. The molecule has 9 heteroatoms. The van der Waals surface area contributed by atoms with Gasteiger partial charge in [0.1, 0.15) is 0 Å². The van der Waals surface area contributed by atoms with E-state index in [9.17, 15) is 0 Å². The van der Waals surface area contributed by atoms with Crippen molar-refractivity contribution in [3.05, 3.63) is 33.8 Å². The monoisotopic (exact) mass is 433 g/mol. The van der Waals surface area contributed by atoms with Gasteiger partial charge in [-0.15, -0.1) is 0 Å². The van der Waals surface area contributed by atoms with Crippen molar-refractivity contribution in [3.63, 3.8) is 0 Å². The van der Waals surface area contributed by atoms with Gasteiger partial charge in [-0.3, -0.25) is 0 Å². The van der Waals surface area contributed by atoms with E-state index in [1.165, 1.54) is 38.5 Å². The SMILES string of the molecule is Clc1cccc(/C=N/Nc2nc(N3CCCCC3)nc(N3CCCCC3)n2)c1Cl. The zero-order chi connectivity index (χ0) is 20.1. The highest BCUT2D eigenvalue weighted by Crippen LogP contribution is 2.25. The van der Waals surface area contributed by atoms with Gasteiger partial charge in [0, 0.05) is 31.7 Å². The largest absolute Gasteiger partial charge is 0.341 e. The first kappa shape index (κ1) is 20.2. The minimum absolute atomic E-state index is 0.440. The van der Waals surface area contributed by atoms with Crippen LogP contribution in [0, 0.1) is 0 Å². The van der Waals surface area contributed by atoms with Crippen LogP contribution in [-0.4, -0.2) is 47.3 Å². The van der Waals surface area contributed by atoms with E-state index in [1.807, 2.05) is 12.1 Å². The molecule has 3 heterocycles. The summed E-state index contributed by atoms with van der Waals surface area (Å²) in [6.45, 7) is 3.91. The summed E-state index contributed by atoms with van der Waals surface area (Å²) in [4.78, 5) is 18.5. The van der Waals surface area contributed by atoms with Crippen LogP contribution < -0.4 is 15.2 Å². The number of hydrazone groups is 1. The molecule has 154 valence electrons. The smallest absolute Gasteiger partial charge is 0.250 e. The Morgan fingerprint density at radius 2 is 1.41 bits per heavy atom. The lowest BCUT2D eigenvalue weighted by Crippen LogP contribution is -2.34. The van der Waals surface area contributed by atoms with Crippen LogP contribution in [0.25, 0.3) is 0 Å². The van der Waals surface area contributed by atoms with Crippen molar-refractivity contribution in [2.75, 3.05) is 41.4 Å². The Labute approximate surface area is 181 Å². The maximum atomic E-state index is 6.22. The summed E-state index contributed by atoms with van der Waals surface area (Å²) in [5, 5.41) is 5.24. The molecule has 29 heavy (non-hydrogen) atoms. The molecule has 2 aliphatic heterocycles. The molecule has 0 amide bonds. The normalized spacial score (nSPS) is 17.7. The Kier molecular flexibility index (Phi) is 6.67. The van der Waals surface area contributed by atoms with Gasteiger partial charge in [-0.05, 0) is 44.6 Å². The highest BCUT2D eigenvalue weighted by Gasteiger charge is 2.20. The van der Waals surface area contributed by atoms with Crippen LogP contribution in [-0.2, 0) is 0 Å². The van der Waals surface area contributed by atoms with Crippen molar-refractivity contribution in [2.45, 2.75) is 38.5 Å². The molecule has 0 atom stereocenters. The third-order valence-electron chi connectivity index (χ3n) is 5.24. The minimum Gasteiger partial charge on any atom is -0.341 e. The number of hydrogen-bond donors (Lipinski definition) is 1. The van der Waals surface area contributed by atoms with E-state index in [1.54, 1.807) is 12.3 Å². The fourth-order valence-corrected chi connectivity index (χ4v) is 4.01.